The Morgan fingerprint density at radius 2 is 1.66 bits per heavy atom. The lowest BCUT2D eigenvalue weighted by atomic mass is 10.00. The van der Waals surface area contributed by atoms with Gasteiger partial charge in [-0.1, -0.05) is 6.07 Å². The van der Waals surface area contributed by atoms with Crippen LogP contribution < -0.4 is 9.64 Å². The summed E-state index contributed by atoms with van der Waals surface area (Å²) in [5, 5.41) is 0. The molecule has 0 N–H and O–H groups in total. The standard InChI is InChI=1S/C23H25N3O5S/c1-31-19-4-2-3-18(13-19)23(28)24-9-11-25(12-10-24)32(29,30)20-14-16-5-6-21(27)26-8-7-17(15-20)22(16)26/h2-4,13-15H,5-12H2,1H3. The van der Waals surface area contributed by atoms with E-state index in [0.29, 0.717) is 50.2 Å². The van der Waals surface area contributed by atoms with E-state index in [-0.39, 0.29) is 29.8 Å². The summed E-state index contributed by atoms with van der Waals surface area (Å²) >= 11 is 0. The SMILES string of the molecule is COc1cccc(C(=O)N2CCN(S(=O)(=O)c3cc4c5c(c3)CCN5C(=O)CC4)CC2)c1. The molecule has 3 heterocycles. The van der Waals surface area contributed by atoms with Crippen molar-refractivity contribution in [1.82, 2.24) is 9.21 Å². The van der Waals surface area contributed by atoms with Crippen LogP contribution in [0.15, 0.2) is 41.3 Å². The van der Waals surface area contributed by atoms with Crippen molar-refractivity contribution in [3.63, 3.8) is 0 Å². The third-order valence-electron chi connectivity index (χ3n) is 6.51. The molecule has 2 aromatic rings. The average Bonchev–Trinajstić information content (AvgIpc) is 3.26. The van der Waals surface area contributed by atoms with Crippen LogP contribution >= 0.6 is 0 Å². The fourth-order valence-electron chi connectivity index (χ4n) is 4.79. The molecule has 3 aliphatic heterocycles. The number of methoxy groups -OCH3 is 1. The number of piperazine rings is 1. The van der Waals surface area contributed by atoms with Gasteiger partial charge in [-0.3, -0.25) is 9.59 Å². The third-order valence-corrected chi connectivity index (χ3v) is 8.38. The van der Waals surface area contributed by atoms with E-state index in [2.05, 4.69) is 0 Å². The zero-order chi connectivity index (χ0) is 22.5. The van der Waals surface area contributed by atoms with Crippen LogP contribution in [0.25, 0.3) is 0 Å². The summed E-state index contributed by atoms with van der Waals surface area (Å²) in [4.78, 5) is 28.7. The number of amides is 2. The third kappa shape index (κ3) is 3.45. The van der Waals surface area contributed by atoms with Gasteiger partial charge in [0.05, 0.1) is 17.7 Å². The molecule has 0 aliphatic carbocycles. The minimum atomic E-state index is -3.68. The number of benzene rings is 2. The van der Waals surface area contributed by atoms with E-state index in [4.69, 9.17) is 4.74 Å². The first-order chi connectivity index (χ1) is 15.4. The Morgan fingerprint density at radius 3 is 2.38 bits per heavy atom. The van der Waals surface area contributed by atoms with Crippen LogP contribution in [0.3, 0.4) is 0 Å². The number of hydrogen-bond donors (Lipinski definition) is 0. The number of rotatable bonds is 4. The molecule has 0 aromatic heterocycles. The van der Waals surface area contributed by atoms with E-state index in [1.54, 1.807) is 53.3 Å². The summed E-state index contributed by atoms with van der Waals surface area (Å²) in [6, 6.07) is 10.4. The maximum Gasteiger partial charge on any atom is 0.254 e. The number of sulfonamides is 1. The van der Waals surface area contributed by atoms with Crippen molar-refractivity contribution in [2.75, 3.05) is 44.7 Å². The van der Waals surface area contributed by atoms with Crippen LogP contribution in [0.2, 0.25) is 0 Å². The number of hydrogen-bond acceptors (Lipinski definition) is 5. The predicted octanol–water partition coefficient (Wildman–Crippen LogP) is 1.68. The van der Waals surface area contributed by atoms with Gasteiger partial charge < -0.3 is 14.5 Å². The molecule has 5 rings (SSSR count). The Morgan fingerprint density at radius 1 is 0.938 bits per heavy atom. The summed E-state index contributed by atoms with van der Waals surface area (Å²) < 4.78 is 33.4. The maximum atomic E-state index is 13.4. The van der Waals surface area contributed by atoms with Gasteiger partial charge in [-0.25, -0.2) is 8.42 Å². The minimum absolute atomic E-state index is 0.115. The lowest BCUT2D eigenvalue weighted by molar-refractivity contribution is -0.118. The lowest BCUT2D eigenvalue weighted by Gasteiger charge is -2.34. The van der Waals surface area contributed by atoms with E-state index in [1.165, 1.54) is 4.31 Å². The first kappa shape index (κ1) is 21.0. The molecule has 2 aromatic carbocycles. The molecule has 1 saturated heterocycles. The molecule has 0 atom stereocenters. The van der Waals surface area contributed by atoms with Crippen LogP contribution in [-0.2, 0) is 27.7 Å². The number of ether oxygens (including phenoxy) is 1. The molecular weight excluding hydrogens is 430 g/mol. The van der Waals surface area contributed by atoms with Gasteiger partial charge in [0.1, 0.15) is 5.75 Å². The Kier molecular flexibility index (Phi) is 5.17. The predicted molar refractivity (Wildman–Crippen MR) is 118 cm³/mol. The van der Waals surface area contributed by atoms with Gasteiger partial charge in [0, 0.05) is 44.7 Å². The van der Waals surface area contributed by atoms with Crippen LogP contribution in [0, 0.1) is 0 Å². The molecular formula is C23H25N3O5S. The fourth-order valence-corrected chi connectivity index (χ4v) is 6.32. The van der Waals surface area contributed by atoms with Crippen molar-refractivity contribution in [2.45, 2.75) is 24.2 Å². The summed E-state index contributed by atoms with van der Waals surface area (Å²) in [6.45, 7) is 1.77. The van der Waals surface area contributed by atoms with Crippen molar-refractivity contribution in [3.05, 3.63) is 53.1 Å². The number of nitrogens with zero attached hydrogens (tertiary/aromatic N) is 3. The van der Waals surface area contributed by atoms with Crippen molar-refractivity contribution >= 4 is 27.5 Å². The molecule has 0 saturated carbocycles. The highest BCUT2D eigenvalue weighted by molar-refractivity contribution is 7.89. The van der Waals surface area contributed by atoms with E-state index >= 15 is 0 Å². The smallest absolute Gasteiger partial charge is 0.254 e. The number of aryl methyl sites for hydroxylation is 1. The van der Waals surface area contributed by atoms with E-state index < -0.39 is 10.0 Å². The van der Waals surface area contributed by atoms with Gasteiger partial charge in [-0.05, 0) is 54.3 Å². The molecule has 9 heteroatoms. The molecule has 32 heavy (non-hydrogen) atoms. The molecule has 0 spiro atoms. The Labute approximate surface area is 187 Å². The Balaban J connectivity index is 1.33. The topological polar surface area (TPSA) is 87.2 Å². The van der Waals surface area contributed by atoms with Gasteiger partial charge in [0.15, 0.2) is 0 Å². The van der Waals surface area contributed by atoms with Gasteiger partial charge in [0.25, 0.3) is 5.91 Å². The largest absolute Gasteiger partial charge is 0.497 e. The zero-order valence-corrected chi connectivity index (χ0v) is 18.7. The first-order valence-electron chi connectivity index (χ1n) is 10.8. The van der Waals surface area contributed by atoms with Crippen molar-refractivity contribution in [3.8, 4) is 5.75 Å². The first-order valence-corrected chi connectivity index (χ1v) is 12.2. The Bertz CT molecular complexity index is 1200. The molecule has 0 bridgehead atoms. The molecule has 2 amide bonds. The Hall–Kier alpha value is -2.91. The number of anilines is 1. The highest BCUT2D eigenvalue weighted by atomic mass is 32.2. The molecule has 0 unspecified atom stereocenters. The summed E-state index contributed by atoms with van der Waals surface area (Å²) in [5.74, 6) is 0.592. The summed E-state index contributed by atoms with van der Waals surface area (Å²) in [7, 11) is -2.12. The second-order valence-corrected chi connectivity index (χ2v) is 10.3. The van der Waals surface area contributed by atoms with Gasteiger partial charge in [0.2, 0.25) is 15.9 Å². The van der Waals surface area contributed by atoms with Crippen LogP contribution in [0.5, 0.6) is 5.75 Å². The number of carbonyl (C=O) groups excluding carboxylic acids is 2. The molecule has 8 nitrogen and oxygen atoms in total. The molecule has 168 valence electrons. The van der Waals surface area contributed by atoms with Crippen LogP contribution in [0.4, 0.5) is 5.69 Å². The highest BCUT2D eigenvalue weighted by Crippen LogP contribution is 2.39. The molecule has 0 radical (unpaired) electrons. The van der Waals surface area contributed by atoms with Crippen LogP contribution in [-0.4, -0.2) is 69.3 Å². The summed E-state index contributed by atoms with van der Waals surface area (Å²) in [6.07, 6.45) is 1.67. The second-order valence-electron chi connectivity index (χ2n) is 8.31. The van der Waals surface area contributed by atoms with Gasteiger partial charge >= 0.3 is 0 Å². The van der Waals surface area contributed by atoms with E-state index in [0.717, 1.165) is 16.8 Å². The van der Waals surface area contributed by atoms with Crippen molar-refractivity contribution in [1.29, 1.82) is 0 Å². The highest BCUT2D eigenvalue weighted by Gasteiger charge is 2.35. The normalized spacial score (nSPS) is 18.6. The maximum absolute atomic E-state index is 13.4. The van der Waals surface area contributed by atoms with E-state index in [9.17, 15) is 18.0 Å². The quantitative estimate of drug-likeness (QED) is 0.700. The second kappa shape index (κ2) is 7.90. The van der Waals surface area contributed by atoms with Crippen molar-refractivity contribution in [2.24, 2.45) is 0 Å². The average molecular weight is 456 g/mol. The number of carbonyl (C=O) groups is 2. The van der Waals surface area contributed by atoms with Crippen molar-refractivity contribution < 1.29 is 22.7 Å². The lowest BCUT2D eigenvalue weighted by Crippen LogP contribution is -2.50. The van der Waals surface area contributed by atoms with Gasteiger partial charge in [-0.15, -0.1) is 0 Å². The van der Waals surface area contributed by atoms with Crippen LogP contribution in [0.1, 0.15) is 27.9 Å². The minimum Gasteiger partial charge on any atom is -0.497 e. The molecule has 1 fully saturated rings. The molecule has 3 aliphatic rings. The zero-order valence-electron chi connectivity index (χ0n) is 17.9. The fraction of sp³-hybridized carbons (Fsp3) is 0.391. The van der Waals surface area contributed by atoms with E-state index in [1.807, 2.05) is 0 Å². The van der Waals surface area contributed by atoms with Gasteiger partial charge in [-0.2, -0.15) is 4.31 Å². The summed E-state index contributed by atoms with van der Waals surface area (Å²) in [5.41, 5.74) is 3.30. The monoisotopic (exact) mass is 455 g/mol.